The standard InChI is InChI=1S/C18H24N4/c1-13-18(12-21(2)20-13)19-17-6-5-15-7-8-22(10-14-3-4-14)11-16(15)9-17/h5-6,9,12,14,19H,3-4,7-8,10-11H2,1-2H3. The van der Waals surface area contributed by atoms with Gasteiger partial charge in [-0.3, -0.25) is 9.58 Å². The van der Waals surface area contributed by atoms with E-state index in [1.807, 2.05) is 24.9 Å². The molecule has 0 unspecified atom stereocenters. The van der Waals surface area contributed by atoms with Crippen molar-refractivity contribution in [3.8, 4) is 0 Å². The van der Waals surface area contributed by atoms with Gasteiger partial charge in [0.15, 0.2) is 0 Å². The van der Waals surface area contributed by atoms with Crippen LogP contribution in [0.5, 0.6) is 0 Å². The number of rotatable bonds is 4. The Bertz CT molecular complexity index is 684. The zero-order chi connectivity index (χ0) is 15.1. The van der Waals surface area contributed by atoms with Gasteiger partial charge in [0.25, 0.3) is 0 Å². The molecule has 2 heterocycles. The van der Waals surface area contributed by atoms with Crippen molar-refractivity contribution in [2.75, 3.05) is 18.4 Å². The van der Waals surface area contributed by atoms with Crippen LogP contribution in [0.25, 0.3) is 0 Å². The van der Waals surface area contributed by atoms with Gasteiger partial charge >= 0.3 is 0 Å². The lowest BCUT2D eigenvalue weighted by Crippen LogP contribution is -2.32. The third kappa shape index (κ3) is 2.88. The van der Waals surface area contributed by atoms with E-state index < -0.39 is 0 Å². The highest BCUT2D eigenvalue weighted by atomic mass is 15.3. The highest BCUT2D eigenvalue weighted by Gasteiger charge is 2.26. The summed E-state index contributed by atoms with van der Waals surface area (Å²) in [5.74, 6) is 0.973. The SMILES string of the molecule is Cc1nn(C)cc1Nc1ccc2c(c1)CN(CC1CC1)CC2. The van der Waals surface area contributed by atoms with E-state index in [0.717, 1.165) is 23.8 Å². The third-order valence-corrected chi connectivity index (χ3v) is 4.80. The fourth-order valence-corrected chi connectivity index (χ4v) is 3.39. The first-order valence-corrected chi connectivity index (χ1v) is 8.29. The molecule has 1 aromatic heterocycles. The number of aromatic nitrogens is 2. The van der Waals surface area contributed by atoms with Crippen LogP contribution in [-0.4, -0.2) is 27.8 Å². The van der Waals surface area contributed by atoms with Gasteiger partial charge in [0, 0.05) is 38.6 Å². The Morgan fingerprint density at radius 3 is 2.86 bits per heavy atom. The Hall–Kier alpha value is -1.81. The average Bonchev–Trinajstić information content (AvgIpc) is 3.24. The zero-order valence-corrected chi connectivity index (χ0v) is 13.5. The van der Waals surface area contributed by atoms with E-state index in [4.69, 9.17) is 0 Å². The Kier molecular flexibility index (Phi) is 3.41. The van der Waals surface area contributed by atoms with Gasteiger partial charge < -0.3 is 5.32 Å². The maximum Gasteiger partial charge on any atom is 0.0828 e. The summed E-state index contributed by atoms with van der Waals surface area (Å²) in [5, 5.41) is 7.90. The average molecular weight is 296 g/mol. The fraction of sp³-hybridized carbons (Fsp3) is 0.500. The van der Waals surface area contributed by atoms with Crippen LogP contribution in [0.1, 0.15) is 29.7 Å². The van der Waals surface area contributed by atoms with Gasteiger partial charge in [-0.1, -0.05) is 6.07 Å². The number of nitrogens with one attached hydrogen (secondary N) is 1. The smallest absolute Gasteiger partial charge is 0.0828 e. The minimum Gasteiger partial charge on any atom is -0.353 e. The van der Waals surface area contributed by atoms with E-state index in [1.54, 1.807) is 0 Å². The van der Waals surface area contributed by atoms with Crippen molar-refractivity contribution in [2.45, 2.75) is 32.7 Å². The van der Waals surface area contributed by atoms with Crippen LogP contribution in [0.15, 0.2) is 24.4 Å². The molecule has 0 spiro atoms. The molecule has 0 amide bonds. The fourth-order valence-electron chi connectivity index (χ4n) is 3.39. The van der Waals surface area contributed by atoms with Crippen molar-refractivity contribution in [3.05, 3.63) is 41.2 Å². The number of benzene rings is 1. The first-order valence-electron chi connectivity index (χ1n) is 8.29. The number of aryl methyl sites for hydroxylation is 2. The molecule has 4 rings (SSSR count). The zero-order valence-electron chi connectivity index (χ0n) is 13.5. The van der Waals surface area contributed by atoms with Crippen LogP contribution in [0.4, 0.5) is 11.4 Å². The minimum atomic E-state index is 0.973. The van der Waals surface area contributed by atoms with Crippen LogP contribution in [0.3, 0.4) is 0 Å². The normalized spacial score (nSPS) is 18.3. The summed E-state index contributed by atoms with van der Waals surface area (Å²) in [4.78, 5) is 2.62. The Morgan fingerprint density at radius 1 is 1.27 bits per heavy atom. The van der Waals surface area contributed by atoms with Crippen molar-refractivity contribution < 1.29 is 0 Å². The maximum atomic E-state index is 4.39. The van der Waals surface area contributed by atoms with Crippen LogP contribution in [0, 0.1) is 12.8 Å². The van der Waals surface area contributed by atoms with Crippen LogP contribution >= 0.6 is 0 Å². The summed E-state index contributed by atoms with van der Waals surface area (Å²) >= 11 is 0. The number of hydrogen-bond donors (Lipinski definition) is 1. The van der Waals surface area contributed by atoms with E-state index in [1.165, 1.54) is 49.2 Å². The van der Waals surface area contributed by atoms with Crippen LogP contribution in [-0.2, 0) is 20.0 Å². The number of nitrogens with zero attached hydrogens (tertiary/aromatic N) is 3. The summed E-state index contributed by atoms with van der Waals surface area (Å²) in [6.45, 7) is 5.66. The van der Waals surface area contributed by atoms with E-state index in [-0.39, 0.29) is 0 Å². The molecule has 116 valence electrons. The van der Waals surface area contributed by atoms with Crippen molar-refractivity contribution in [1.82, 2.24) is 14.7 Å². The minimum absolute atomic E-state index is 0.973. The first-order chi connectivity index (χ1) is 10.7. The summed E-state index contributed by atoms with van der Waals surface area (Å²) < 4.78 is 1.85. The highest BCUT2D eigenvalue weighted by molar-refractivity contribution is 5.62. The van der Waals surface area contributed by atoms with E-state index in [2.05, 4.69) is 33.5 Å². The lowest BCUT2D eigenvalue weighted by atomic mass is 9.98. The molecule has 1 aliphatic carbocycles. The van der Waals surface area contributed by atoms with Crippen molar-refractivity contribution >= 4 is 11.4 Å². The van der Waals surface area contributed by atoms with E-state index in [0.29, 0.717) is 0 Å². The second kappa shape index (κ2) is 5.43. The van der Waals surface area contributed by atoms with Gasteiger partial charge in [0.1, 0.15) is 0 Å². The van der Waals surface area contributed by atoms with Gasteiger partial charge in [-0.05, 0) is 55.4 Å². The molecule has 2 aliphatic rings. The summed E-state index contributed by atoms with van der Waals surface area (Å²) in [7, 11) is 1.96. The second-order valence-electron chi connectivity index (χ2n) is 6.84. The molecule has 1 fully saturated rings. The van der Waals surface area contributed by atoms with Gasteiger partial charge in [-0.15, -0.1) is 0 Å². The lowest BCUT2D eigenvalue weighted by Gasteiger charge is -2.29. The summed E-state index contributed by atoms with van der Waals surface area (Å²) in [6.07, 6.45) is 6.10. The monoisotopic (exact) mass is 296 g/mol. The number of hydrogen-bond acceptors (Lipinski definition) is 3. The molecule has 0 atom stereocenters. The van der Waals surface area contributed by atoms with Crippen molar-refractivity contribution in [1.29, 1.82) is 0 Å². The molecule has 2 aromatic rings. The largest absolute Gasteiger partial charge is 0.353 e. The van der Waals surface area contributed by atoms with E-state index >= 15 is 0 Å². The Balaban J connectivity index is 1.51. The summed E-state index contributed by atoms with van der Waals surface area (Å²) in [6, 6.07) is 6.81. The maximum absolute atomic E-state index is 4.39. The highest BCUT2D eigenvalue weighted by Crippen LogP contribution is 2.32. The molecular weight excluding hydrogens is 272 g/mol. The molecule has 1 aliphatic heterocycles. The summed E-state index contributed by atoms with van der Waals surface area (Å²) in [5.41, 5.74) is 6.30. The third-order valence-electron chi connectivity index (χ3n) is 4.80. The molecule has 22 heavy (non-hydrogen) atoms. The molecule has 1 N–H and O–H groups in total. The predicted molar refractivity (Wildman–Crippen MR) is 89.4 cm³/mol. The molecule has 1 aromatic carbocycles. The van der Waals surface area contributed by atoms with Crippen molar-refractivity contribution in [2.24, 2.45) is 13.0 Å². The molecule has 1 saturated carbocycles. The second-order valence-corrected chi connectivity index (χ2v) is 6.84. The molecule has 4 nitrogen and oxygen atoms in total. The van der Waals surface area contributed by atoms with Crippen LogP contribution < -0.4 is 5.32 Å². The predicted octanol–water partition coefficient (Wildman–Crippen LogP) is 3.24. The van der Waals surface area contributed by atoms with Gasteiger partial charge in [0.05, 0.1) is 11.4 Å². The van der Waals surface area contributed by atoms with Crippen molar-refractivity contribution in [3.63, 3.8) is 0 Å². The van der Waals surface area contributed by atoms with Gasteiger partial charge in [-0.25, -0.2) is 0 Å². The molecule has 0 radical (unpaired) electrons. The van der Waals surface area contributed by atoms with Crippen LogP contribution in [0.2, 0.25) is 0 Å². The first kappa shape index (κ1) is 13.8. The molecular formula is C18H24N4. The molecule has 4 heteroatoms. The number of anilines is 2. The topological polar surface area (TPSA) is 33.1 Å². The quantitative estimate of drug-likeness (QED) is 0.940. The van der Waals surface area contributed by atoms with Gasteiger partial charge in [0.2, 0.25) is 0 Å². The van der Waals surface area contributed by atoms with Gasteiger partial charge in [-0.2, -0.15) is 5.10 Å². The Labute approximate surface area is 132 Å². The molecule has 0 saturated heterocycles. The van der Waals surface area contributed by atoms with E-state index in [9.17, 15) is 0 Å². The Morgan fingerprint density at radius 2 is 2.14 bits per heavy atom. The molecule has 0 bridgehead atoms. The lowest BCUT2D eigenvalue weighted by molar-refractivity contribution is 0.244. The number of fused-ring (bicyclic) bond motifs is 1.